The fourth-order valence-electron chi connectivity index (χ4n) is 4.41. The van der Waals surface area contributed by atoms with Crippen LogP contribution >= 0.6 is 0 Å². The zero-order valence-corrected chi connectivity index (χ0v) is 16.7. The molecule has 3 rings (SSSR count). The summed E-state index contributed by atoms with van der Waals surface area (Å²) in [7, 11) is 0. The van der Waals surface area contributed by atoms with Gasteiger partial charge in [-0.15, -0.1) is 11.8 Å². The van der Waals surface area contributed by atoms with Crippen molar-refractivity contribution in [3.63, 3.8) is 0 Å². The van der Waals surface area contributed by atoms with Crippen molar-refractivity contribution in [1.29, 1.82) is 0 Å². The average molecular weight is 353 g/mol. The van der Waals surface area contributed by atoms with Crippen LogP contribution in [0.1, 0.15) is 83.3 Å². The van der Waals surface area contributed by atoms with E-state index in [1.54, 1.807) is 0 Å². The summed E-state index contributed by atoms with van der Waals surface area (Å²) in [5.74, 6) is 8.53. The third-order valence-electron chi connectivity index (χ3n) is 5.88. The Morgan fingerprint density at radius 3 is 2.77 bits per heavy atom. The smallest absolute Gasteiger partial charge is 0.127 e. The molecule has 0 bridgehead atoms. The molecule has 0 saturated heterocycles. The van der Waals surface area contributed by atoms with Crippen LogP contribution in [-0.4, -0.2) is 10.7 Å². The van der Waals surface area contributed by atoms with Crippen LogP contribution in [0.2, 0.25) is 0 Å². The lowest BCUT2D eigenvalue weighted by atomic mass is 9.67. The SMILES string of the molecule is CCCCC#CCCc1cc(O)c2c(c1)OC(C)(C)C1CC=C(C)CC21. The first-order valence-electron chi connectivity index (χ1n) is 10.1. The van der Waals surface area contributed by atoms with E-state index in [4.69, 9.17) is 4.74 Å². The number of hydrogen-bond acceptors (Lipinski definition) is 2. The first kappa shape index (κ1) is 18.9. The molecule has 1 aliphatic carbocycles. The molecule has 140 valence electrons. The number of aryl methyl sites for hydroxylation is 1. The largest absolute Gasteiger partial charge is 0.508 e. The van der Waals surface area contributed by atoms with Gasteiger partial charge in [0.15, 0.2) is 0 Å². The molecule has 2 nitrogen and oxygen atoms in total. The molecule has 26 heavy (non-hydrogen) atoms. The molecule has 1 heterocycles. The molecular formula is C24H32O2. The number of phenols is 1. The van der Waals surface area contributed by atoms with E-state index in [-0.39, 0.29) is 5.60 Å². The van der Waals surface area contributed by atoms with Crippen LogP contribution in [0.15, 0.2) is 23.8 Å². The second-order valence-electron chi connectivity index (χ2n) is 8.39. The van der Waals surface area contributed by atoms with Crippen molar-refractivity contribution in [2.45, 2.75) is 84.2 Å². The molecule has 1 aromatic carbocycles. The molecule has 2 heteroatoms. The highest BCUT2D eigenvalue weighted by atomic mass is 16.5. The summed E-state index contributed by atoms with van der Waals surface area (Å²) in [6.45, 7) is 8.75. The number of ether oxygens (including phenoxy) is 1. The average Bonchev–Trinajstić information content (AvgIpc) is 2.56. The highest BCUT2D eigenvalue weighted by Crippen LogP contribution is 2.54. The molecule has 0 amide bonds. The molecule has 1 aliphatic heterocycles. The zero-order chi connectivity index (χ0) is 18.7. The predicted molar refractivity (Wildman–Crippen MR) is 108 cm³/mol. The van der Waals surface area contributed by atoms with Gasteiger partial charge in [0.1, 0.15) is 17.1 Å². The molecule has 1 aromatic rings. The van der Waals surface area contributed by atoms with Crippen molar-refractivity contribution in [2.75, 3.05) is 0 Å². The Kier molecular flexibility index (Phi) is 5.66. The van der Waals surface area contributed by atoms with Crippen LogP contribution in [0, 0.1) is 17.8 Å². The minimum Gasteiger partial charge on any atom is -0.508 e. The van der Waals surface area contributed by atoms with Crippen LogP contribution in [-0.2, 0) is 6.42 Å². The summed E-state index contributed by atoms with van der Waals surface area (Å²) in [6, 6.07) is 4.06. The Morgan fingerprint density at radius 1 is 1.23 bits per heavy atom. The normalized spacial score (nSPS) is 23.0. The van der Waals surface area contributed by atoms with Crippen molar-refractivity contribution in [3.8, 4) is 23.3 Å². The maximum Gasteiger partial charge on any atom is 0.127 e. The van der Waals surface area contributed by atoms with Crippen molar-refractivity contribution in [2.24, 2.45) is 5.92 Å². The number of allylic oxidation sites excluding steroid dienone is 2. The van der Waals surface area contributed by atoms with Gasteiger partial charge in [0.25, 0.3) is 0 Å². The first-order valence-corrected chi connectivity index (χ1v) is 10.1. The molecule has 1 N–H and O–H groups in total. The van der Waals surface area contributed by atoms with Gasteiger partial charge in [-0.05, 0) is 64.2 Å². The molecule has 2 atom stereocenters. The third kappa shape index (κ3) is 3.93. The van der Waals surface area contributed by atoms with E-state index >= 15 is 0 Å². The fourth-order valence-corrected chi connectivity index (χ4v) is 4.41. The van der Waals surface area contributed by atoms with Gasteiger partial charge in [-0.2, -0.15) is 0 Å². The number of fused-ring (bicyclic) bond motifs is 3. The monoisotopic (exact) mass is 352 g/mol. The molecule has 0 fully saturated rings. The third-order valence-corrected chi connectivity index (χ3v) is 5.88. The van der Waals surface area contributed by atoms with Gasteiger partial charge in [-0.3, -0.25) is 0 Å². The van der Waals surface area contributed by atoms with E-state index in [9.17, 15) is 5.11 Å². The fraction of sp³-hybridized carbons (Fsp3) is 0.583. The number of aromatic hydroxyl groups is 1. The number of rotatable bonds is 4. The molecule has 0 aromatic heterocycles. The van der Waals surface area contributed by atoms with Gasteiger partial charge >= 0.3 is 0 Å². The minimum atomic E-state index is -0.208. The Balaban J connectivity index is 1.81. The lowest BCUT2D eigenvalue weighted by Crippen LogP contribution is -2.45. The highest BCUT2D eigenvalue weighted by Gasteiger charge is 2.45. The molecule has 0 spiro atoms. The van der Waals surface area contributed by atoms with Crippen molar-refractivity contribution >= 4 is 0 Å². The van der Waals surface area contributed by atoms with E-state index in [1.807, 2.05) is 6.07 Å². The second kappa shape index (κ2) is 7.78. The van der Waals surface area contributed by atoms with Gasteiger partial charge in [-0.1, -0.05) is 25.0 Å². The Hall–Kier alpha value is -1.88. The van der Waals surface area contributed by atoms with Gasteiger partial charge in [-0.25, -0.2) is 0 Å². The molecular weight excluding hydrogens is 320 g/mol. The minimum absolute atomic E-state index is 0.208. The van der Waals surface area contributed by atoms with Crippen molar-refractivity contribution < 1.29 is 9.84 Å². The van der Waals surface area contributed by atoms with Crippen LogP contribution in [0.5, 0.6) is 11.5 Å². The Labute approximate surface area is 158 Å². The quantitative estimate of drug-likeness (QED) is 0.401. The summed E-state index contributed by atoms with van der Waals surface area (Å²) < 4.78 is 6.38. The summed E-state index contributed by atoms with van der Waals surface area (Å²) in [6.07, 6.45) is 9.41. The predicted octanol–water partition coefficient (Wildman–Crippen LogP) is 6.13. The molecule has 0 saturated carbocycles. The van der Waals surface area contributed by atoms with Gasteiger partial charge in [0.2, 0.25) is 0 Å². The van der Waals surface area contributed by atoms with E-state index in [1.165, 1.54) is 18.4 Å². The maximum atomic E-state index is 10.8. The highest BCUT2D eigenvalue weighted by molar-refractivity contribution is 5.52. The number of benzene rings is 1. The lowest BCUT2D eigenvalue weighted by molar-refractivity contribution is 0.00753. The Bertz CT molecular complexity index is 745. The second-order valence-corrected chi connectivity index (χ2v) is 8.39. The van der Waals surface area contributed by atoms with Gasteiger partial charge in [0, 0.05) is 30.2 Å². The topological polar surface area (TPSA) is 29.5 Å². The van der Waals surface area contributed by atoms with Gasteiger partial charge in [0.05, 0.1) is 0 Å². The van der Waals surface area contributed by atoms with Crippen LogP contribution < -0.4 is 4.74 Å². The number of unbranched alkanes of at least 4 members (excludes halogenated alkanes) is 2. The van der Waals surface area contributed by atoms with Crippen LogP contribution in [0.25, 0.3) is 0 Å². The molecule has 0 radical (unpaired) electrons. The summed E-state index contributed by atoms with van der Waals surface area (Å²) in [5.41, 5.74) is 3.34. The number of hydrogen-bond donors (Lipinski definition) is 1. The summed E-state index contributed by atoms with van der Waals surface area (Å²) >= 11 is 0. The van der Waals surface area contributed by atoms with Crippen LogP contribution in [0.3, 0.4) is 0 Å². The molecule has 2 aliphatic rings. The van der Waals surface area contributed by atoms with E-state index in [0.29, 0.717) is 17.6 Å². The maximum absolute atomic E-state index is 10.8. The van der Waals surface area contributed by atoms with E-state index in [0.717, 1.165) is 49.0 Å². The first-order chi connectivity index (χ1) is 12.4. The van der Waals surface area contributed by atoms with Crippen molar-refractivity contribution in [3.05, 3.63) is 34.9 Å². The van der Waals surface area contributed by atoms with Gasteiger partial charge < -0.3 is 9.84 Å². The van der Waals surface area contributed by atoms with Crippen molar-refractivity contribution in [1.82, 2.24) is 0 Å². The lowest BCUT2D eigenvalue weighted by Gasteiger charge is -2.47. The summed E-state index contributed by atoms with van der Waals surface area (Å²) in [5, 5.41) is 10.8. The van der Waals surface area contributed by atoms with E-state index < -0.39 is 0 Å². The number of phenolic OH excluding ortho intramolecular Hbond substituents is 1. The van der Waals surface area contributed by atoms with E-state index in [2.05, 4.69) is 51.7 Å². The Morgan fingerprint density at radius 2 is 2.00 bits per heavy atom. The van der Waals surface area contributed by atoms with Crippen LogP contribution in [0.4, 0.5) is 0 Å². The summed E-state index contributed by atoms with van der Waals surface area (Å²) in [4.78, 5) is 0. The zero-order valence-electron chi connectivity index (χ0n) is 16.7. The standard InChI is InChI=1S/C24H32O2/c1-5-6-7-8-9-10-11-18-15-21(25)23-19-14-17(2)12-13-20(19)24(3,4)26-22(23)16-18/h12,15-16,19-20,25H,5-7,10-11,13-14H2,1-4H3. The molecule has 2 unspecified atom stereocenters.